The standard InChI is InChI=1S/C48H56N14O10/c1-27(2)36(24-71-72-25-49)45(64)59-20-34(61-19-33(55-57-61)23-70-26-63)15-40(59)43-50-17-37(52-43)31-11-7-29(8-12-31)30-9-13-32(14-10-30)38-18-51-44(53-38)41-16-35(62-22-39(56-58-62)47(66)68-5)21-60(41)46(65)42(28(3)4)54-48(67)69-6/h7-14,17-19,22,25-28,34-36,40-42,49H,15-16,20-21,23-24H2,1-6H3,(H,50,52)(H,51,53)(H,54,67)/t34-,35-,36-,40-,41-,42-/m0/s1. The van der Waals surface area contributed by atoms with E-state index in [0.29, 0.717) is 49.6 Å². The Labute approximate surface area is 413 Å². The van der Waals surface area contributed by atoms with Crippen LogP contribution in [0.4, 0.5) is 4.79 Å². The van der Waals surface area contributed by atoms with E-state index in [-0.39, 0.29) is 61.2 Å². The van der Waals surface area contributed by atoms with E-state index in [9.17, 15) is 24.0 Å². The van der Waals surface area contributed by atoms with Crippen LogP contribution in [0.2, 0.25) is 0 Å². The molecule has 2 fully saturated rings. The molecule has 72 heavy (non-hydrogen) atoms. The van der Waals surface area contributed by atoms with Gasteiger partial charge in [-0.2, -0.15) is 4.89 Å². The Balaban J connectivity index is 0.980. The van der Waals surface area contributed by atoms with Crippen LogP contribution in [0.1, 0.15) is 92.5 Å². The third-order valence-electron chi connectivity index (χ3n) is 13.1. The van der Waals surface area contributed by atoms with E-state index >= 15 is 0 Å². The summed E-state index contributed by atoms with van der Waals surface area (Å²) in [5.41, 5.74) is 5.69. The summed E-state index contributed by atoms with van der Waals surface area (Å²) >= 11 is 0. The number of imidazole rings is 2. The quantitative estimate of drug-likeness (QED) is 0.0114. The first-order valence-corrected chi connectivity index (χ1v) is 23.3. The smallest absolute Gasteiger partial charge is 0.407 e. The van der Waals surface area contributed by atoms with E-state index in [4.69, 9.17) is 39.4 Å². The Hall–Kier alpha value is -8.28. The van der Waals surface area contributed by atoms with E-state index < -0.39 is 36.1 Å². The molecular weight excluding hydrogens is 933 g/mol. The van der Waals surface area contributed by atoms with Crippen molar-refractivity contribution in [3.8, 4) is 33.6 Å². The predicted molar refractivity (Wildman–Crippen MR) is 254 cm³/mol. The van der Waals surface area contributed by atoms with Crippen molar-refractivity contribution in [2.75, 3.05) is 33.9 Å². The number of H-pyrrole nitrogens is 2. The molecule has 0 spiro atoms. The highest BCUT2D eigenvalue weighted by atomic mass is 17.2. The first kappa shape index (κ1) is 50.1. The molecule has 378 valence electrons. The number of esters is 1. The second-order valence-corrected chi connectivity index (χ2v) is 18.2. The minimum absolute atomic E-state index is 0.0243. The number of nitrogens with one attached hydrogen (secondary N) is 4. The van der Waals surface area contributed by atoms with Crippen LogP contribution < -0.4 is 5.32 Å². The monoisotopic (exact) mass is 988 g/mol. The molecule has 24 heteroatoms. The summed E-state index contributed by atoms with van der Waals surface area (Å²) < 4.78 is 17.7. The van der Waals surface area contributed by atoms with Gasteiger partial charge in [-0.05, 0) is 46.9 Å². The van der Waals surface area contributed by atoms with Gasteiger partial charge in [-0.1, -0.05) is 86.7 Å². The molecule has 0 radical (unpaired) electrons. The summed E-state index contributed by atoms with van der Waals surface area (Å²) in [4.78, 5) is 93.3. The molecule has 2 aliphatic heterocycles. The van der Waals surface area contributed by atoms with Gasteiger partial charge >= 0.3 is 12.1 Å². The number of nitrogens with zero attached hydrogens (tertiary/aromatic N) is 10. The Morgan fingerprint density at radius 2 is 1.29 bits per heavy atom. The van der Waals surface area contributed by atoms with Gasteiger partial charge in [-0.25, -0.2) is 28.9 Å². The highest BCUT2D eigenvalue weighted by molar-refractivity contribution is 5.87. The highest BCUT2D eigenvalue weighted by Gasteiger charge is 2.44. The highest BCUT2D eigenvalue weighted by Crippen LogP contribution is 2.40. The SMILES string of the molecule is COC(=O)N[C@H](C(=O)N1C[C@@H](n2cc(C(=O)OC)nn2)C[C@H]1c1ncc(-c2ccc(-c3ccc(-c4cnc([C@@H]5C[C@H](n6cc(COC=O)nn6)CN5C(=O)[C@@H](COOC=N)C(C)C)[nH]4)cc3)cc2)[nH]1)C(C)C. The van der Waals surface area contributed by atoms with Crippen LogP contribution in [-0.2, 0) is 45.0 Å². The number of likely N-dealkylation sites (tertiary alicyclic amines) is 2. The first-order chi connectivity index (χ1) is 34.8. The van der Waals surface area contributed by atoms with Gasteiger partial charge < -0.3 is 44.2 Å². The second kappa shape index (κ2) is 22.2. The van der Waals surface area contributed by atoms with Crippen LogP contribution in [0.3, 0.4) is 0 Å². The lowest BCUT2D eigenvalue weighted by Crippen LogP contribution is -2.51. The summed E-state index contributed by atoms with van der Waals surface area (Å²) in [5, 5.41) is 26.3. The molecule has 2 aliphatic rings. The third-order valence-corrected chi connectivity index (χ3v) is 13.1. The lowest BCUT2D eigenvalue weighted by atomic mass is 9.95. The van der Waals surface area contributed by atoms with E-state index in [1.54, 1.807) is 37.8 Å². The van der Waals surface area contributed by atoms with E-state index in [1.807, 2.05) is 76.2 Å². The topological polar surface area (TPSA) is 293 Å². The van der Waals surface area contributed by atoms with E-state index in [2.05, 4.69) is 35.9 Å². The lowest BCUT2D eigenvalue weighted by molar-refractivity contribution is -0.229. The van der Waals surface area contributed by atoms with Gasteiger partial charge in [0.15, 0.2) is 5.69 Å². The van der Waals surface area contributed by atoms with Crippen molar-refractivity contribution in [1.29, 1.82) is 5.41 Å². The largest absolute Gasteiger partial charge is 0.464 e. The molecule has 4 N–H and O–H groups in total. The maximum Gasteiger partial charge on any atom is 0.407 e. The number of amides is 3. The number of methoxy groups -OCH3 is 2. The van der Waals surface area contributed by atoms with Gasteiger partial charge in [-0.3, -0.25) is 19.8 Å². The van der Waals surface area contributed by atoms with E-state index in [1.165, 1.54) is 20.4 Å². The van der Waals surface area contributed by atoms with Gasteiger partial charge in [0.25, 0.3) is 6.47 Å². The predicted octanol–water partition coefficient (Wildman–Crippen LogP) is 5.01. The number of benzene rings is 2. The zero-order valence-electron chi connectivity index (χ0n) is 40.5. The molecule has 6 aromatic rings. The maximum absolute atomic E-state index is 14.2. The Bertz CT molecular complexity index is 2860. The number of carbonyl (C=O) groups excluding carboxylic acids is 5. The molecule has 4 aromatic heterocycles. The molecular formula is C48H56N14O10. The fraction of sp³-hybridized carbons (Fsp3) is 0.417. The average Bonchev–Trinajstić information content (AvgIpc) is 4.25. The molecule has 24 nitrogen and oxygen atoms in total. The minimum atomic E-state index is -0.883. The van der Waals surface area contributed by atoms with Crippen molar-refractivity contribution in [2.24, 2.45) is 17.8 Å². The normalized spacial score (nSPS) is 18.5. The fourth-order valence-electron chi connectivity index (χ4n) is 9.12. The zero-order valence-corrected chi connectivity index (χ0v) is 40.5. The van der Waals surface area contributed by atoms with Gasteiger partial charge in [0.2, 0.25) is 18.2 Å². The molecule has 2 saturated heterocycles. The van der Waals surface area contributed by atoms with Crippen LogP contribution in [-0.4, -0.2) is 136 Å². The summed E-state index contributed by atoms with van der Waals surface area (Å²) in [6.45, 7) is 8.31. The average molecular weight is 989 g/mol. The van der Waals surface area contributed by atoms with Crippen LogP contribution >= 0.6 is 0 Å². The lowest BCUT2D eigenvalue weighted by Gasteiger charge is -2.29. The molecule has 3 amide bonds. The van der Waals surface area contributed by atoms with Crippen molar-refractivity contribution in [2.45, 2.75) is 77.4 Å². The second-order valence-electron chi connectivity index (χ2n) is 18.2. The number of hydrogen-bond acceptors (Lipinski definition) is 17. The number of hydrogen-bond donors (Lipinski definition) is 4. The Kier molecular flexibility index (Phi) is 15.5. The van der Waals surface area contributed by atoms with Crippen molar-refractivity contribution in [3.63, 3.8) is 0 Å². The Morgan fingerprint density at radius 3 is 1.81 bits per heavy atom. The van der Waals surface area contributed by atoms with Crippen LogP contribution in [0.15, 0.2) is 73.3 Å². The molecule has 6 heterocycles. The van der Waals surface area contributed by atoms with Gasteiger partial charge in [0.1, 0.15) is 36.6 Å². The summed E-state index contributed by atoms with van der Waals surface area (Å²) in [6, 6.07) is 13.5. The maximum atomic E-state index is 14.2. The van der Waals surface area contributed by atoms with Crippen molar-refractivity contribution < 1.29 is 48.0 Å². The first-order valence-electron chi connectivity index (χ1n) is 23.3. The zero-order chi connectivity index (χ0) is 51.1. The molecule has 0 saturated carbocycles. The molecule has 0 aliphatic carbocycles. The van der Waals surface area contributed by atoms with Gasteiger partial charge in [0.05, 0.1) is 80.5 Å². The molecule has 2 aromatic carbocycles. The fourth-order valence-corrected chi connectivity index (χ4v) is 9.12. The van der Waals surface area contributed by atoms with Crippen LogP contribution in [0.25, 0.3) is 33.6 Å². The number of carbonyl (C=O) groups is 5. The van der Waals surface area contributed by atoms with Gasteiger partial charge in [0, 0.05) is 13.1 Å². The Morgan fingerprint density at radius 1 is 0.750 bits per heavy atom. The number of ether oxygens (including phenoxy) is 3. The van der Waals surface area contributed by atoms with Crippen molar-refractivity contribution >= 4 is 36.7 Å². The molecule has 0 unspecified atom stereocenters. The summed E-state index contributed by atoms with van der Waals surface area (Å²) in [7, 11) is 2.50. The number of aromatic nitrogens is 10. The van der Waals surface area contributed by atoms with Crippen LogP contribution in [0, 0.1) is 23.2 Å². The molecule has 8 rings (SSSR count). The summed E-state index contributed by atoms with van der Waals surface area (Å²) in [5.74, 6) is -0.920. The molecule has 0 bridgehead atoms. The minimum Gasteiger partial charge on any atom is -0.464 e. The number of rotatable bonds is 20. The van der Waals surface area contributed by atoms with Gasteiger partial charge in [-0.15, -0.1) is 10.2 Å². The van der Waals surface area contributed by atoms with E-state index in [0.717, 1.165) is 33.6 Å². The molecule has 6 atom stereocenters. The van der Waals surface area contributed by atoms with Crippen molar-refractivity contribution in [1.82, 2.24) is 65.0 Å². The number of aromatic amines is 2. The van der Waals surface area contributed by atoms with Crippen LogP contribution in [0.5, 0.6) is 0 Å². The van der Waals surface area contributed by atoms with Crippen molar-refractivity contribution in [3.05, 3.63) is 96.4 Å². The number of alkyl carbamates (subject to hydrolysis) is 1. The third kappa shape index (κ3) is 10.9. The summed E-state index contributed by atoms with van der Waals surface area (Å²) in [6.07, 6.45) is 7.47.